The summed E-state index contributed by atoms with van der Waals surface area (Å²) < 4.78 is 6.33. The van der Waals surface area contributed by atoms with Gasteiger partial charge in [-0.3, -0.25) is 0 Å². The van der Waals surface area contributed by atoms with E-state index in [1.807, 2.05) is 12.1 Å². The number of rotatable bonds is 6. The first-order valence-corrected chi connectivity index (χ1v) is 8.81. The summed E-state index contributed by atoms with van der Waals surface area (Å²) in [6.45, 7) is 3.11. The Morgan fingerprint density at radius 2 is 2.10 bits per heavy atom. The zero-order chi connectivity index (χ0) is 14.7. The third-order valence-electron chi connectivity index (χ3n) is 4.83. The van der Waals surface area contributed by atoms with Crippen LogP contribution >= 0.6 is 11.6 Å². The monoisotopic (exact) mass is 307 g/mol. The van der Waals surface area contributed by atoms with Gasteiger partial charge in [-0.05, 0) is 50.2 Å². The molecule has 2 aliphatic rings. The van der Waals surface area contributed by atoms with Crippen LogP contribution in [0.3, 0.4) is 0 Å². The third kappa shape index (κ3) is 4.14. The molecule has 0 amide bonds. The standard InChI is InChI=1S/C18H26ClNO/c1-2-13-5-3-6-15(11-13)21-18-8-4-7-17(19)16(18)12-20-14-9-10-14/h4,7-8,13-15,20H,2-3,5-6,9-12H2,1H3. The number of benzene rings is 1. The molecule has 0 aromatic heterocycles. The van der Waals surface area contributed by atoms with Crippen LogP contribution in [0.4, 0.5) is 0 Å². The molecule has 0 heterocycles. The predicted molar refractivity (Wildman–Crippen MR) is 88.0 cm³/mol. The zero-order valence-electron chi connectivity index (χ0n) is 12.9. The highest BCUT2D eigenvalue weighted by atomic mass is 35.5. The first-order valence-electron chi connectivity index (χ1n) is 8.43. The quantitative estimate of drug-likeness (QED) is 0.803. The van der Waals surface area contributed by atoms with Gasteiger partial charge in [0.05, 0.1) is 6.10 Å². The van der Waals surface area contributed by atoms with Crippen molar-refractivity contribution in [2.45, 2.75) is 70.6 Å². The van der Waals surface area contributed by atoms with Crippen molar-refractivity contribution in [3.05, 3.63) is 28.8 Å². The summed E-state index contributed by atoms with van der Waals surface area (Å²) >= 11 is 6.39. The van der Waals surface area contributed by atoms with Gasteiger partial charge in [-0.25, -0.2) is 0 Å². The minimum absolute atomic E-state index is 0.363. The van der Waals surface area contributed by atoms with Crippen LogP contribution < -0.4 is 10.1 Å². The highest BCUT2D eigenvalue weighted by Gasteiger charge is 2.24. The van der Waals surface area contributed by atoms with E-state index in [2.05, 4.69) is 18.3 Å². The van der Waals surface area contributed by atoms with Gasteiger partial charge in [0, 0.05) is 23.2 Å². The molecule has 0 bridgehead atoms. The van der Waals surface area contributed by atoms with Crippen molar-refractivity contribution in [3.8, 4) is 5.75 Å². The molecule has 1 aromatic carbocycles. The third-order valence-corrected chi connectivity index (χ3v) is 5.18. The van der Waals surface area contributed by atoms with Crippen molar-refractivity contribution < 1.29 is 4.74 Å². The molecule has 0 saturated heterocycles. The average Bonchev–Trinajstić information content (AvgIpc) is 3.31. The van der Waals surface area contributed by atoms with Gasteiger partial charge >= 0.3 is 0 Å². The maximum Gasteiger partial charge on any atom is 0.125 e. The molecule has 3 rings (SSSR count). The van der Waals surface area contributed by atoms with E-state index in [-0.39, 0.29) is 0 Å². The zero-order valence-corrected chi connectivity index (χ0v) is 13.7. The second-order valence-electron chi connectivity index (χ2n) is 6.55. The Bertz CT molecular complexity index is 472. The molecular weight excluding hydrogens is 282 g/mol. The van der Waals surface area contributed by atoms with Gasteiger partial charge in [-0.15, -0.1) is 0 Å². The molecule has 2 nitrogen and oxygen atoms in total. The van der Waals surface area contributed by atoms with Crippen LogP contribution in [0.5, 0.6) is 5.75 Å². The van der Waals surface area contributed by atoms with E-state index >= 15 is 0 Å². The topological polar surface area (TPSA) is 21.3 Å². The van der Waals surface area contributed by atoms with Gasteiger partial charge in [-0.1, -0.05) is 37.4 Å². The largest absolute Gasteiger partial charge is 0.490 e. The van der Waals surface area contributed by atoms with Crippen LogP contribution in [-0.2, 0) is 6.54 Å². The molecule has 116 valence electrons. The first kappa shape index (κ1) is 15.2. The van der Waals surface area contributed by atoms with Gasteiger partial charge in [-0.2, -0.15) is 0 Å². The Balaban J connectivity index is 1.66. The van der Waals surface area contributed by atoms with Crippen LogP contribution in [0.15, 0.2) is 18.2 Å². The molecule has 21 heavy (non-hydrogen) atoms. The lowest BCUT2D eigenvalue weighted by atomic mass is 9.85. The summed E-state index contributed by atoms with van der Waals surface area (Å²) in [7, 11) is 0. The number of nitrogens with one attached hydrogen (secondary N) is 1. The Hall–Kier alpha value is -0.730. The molecule has 2 fully saturated rings. The van der Waals surface area contributed by atoms with E-state index in [9.17, 15) is 0 Å². The predicted octanol–water partition coefficient (Wildman–Crippen LogP) is 4.94. The van der Waals surface area contributed by atoms with Crippen molar-refractivity contribution >= 4 is 11.6 Å². The van der Waals surface area contributed by atoms with E-state index in [4.69, 9.17) is 16.3 Å². The molecule has 2 unspecified atom stereocenters. The van der Waals surface area contributed by atoms with Crippen molar-refractivity contribution in [2.75, 3.05) is 0 Å². The Labute approximate surface area is 133 Å². The summed E-state index contributed by atoms with van der Waals surface area (Å²) in [4.78, 5) is 0. The van der Waals surface area contributed by atoms with E-state index in [1.54, 1.807) is 0 Å². The van der Waals surface area contributed by atoms with Crippen molar-refractivity contribution in [1.29, 1.82) is 0 Å². The Morgan fingerprint density at radius 3 is 2.86 bits per heavy atom. The fourth-order valence-electron chi connectivity index (χ4n) is 3.25. The molecule has 0 spiro atoms. The summed E-state index contributed by atoms with van der Waals surface area (Å²) in [6, 6.07) is 6.73. The van der Waals surface area contributed by atoms with Gasteiger partial charge in [0.1, 0.15) is 5.75 Å². The molecule has 1 N–H and O–H groups in total. The van der Waals surface area contributed by atoms with E-state index in [0.717, 1.165) is 28.8 Å². The molecule has 2 aliphatic carbocycles. The van der Waals surface area contributed by atoms with Gasteiger partial charge in [0.15, 0.2) is 0 Å². The average molecular weight is 308 g/mol. The number of hydrogen-bond acceptors (Lipinski definition) is 2. The fraction of sp³-hybridized carbons (Fsp3) is 0.667. The summed E-state index contributed by atoms with van der Waals surface area (Å²) in [5.41, 5.74) is 1.13. The Morgan fingerprint density at radius 1 is 1.24 bits per heavy atom. The van der Waals surface area contributed by atoms with Gasteiger partial charge in [0.25, 0.3) is 0 Å². The normalized spacial score (nSPS) is 25.8. The summed E-state index contributed by atoms with van der Waals surface area (Å²) in [5.74, 6) is 1.81. The van der Waals surface area contributed by atoms with Crippen LogP contribution in [0.1, 0.15) is 57.4 Å². The van der Waals surface area contributed by atoms with Crippen LogP contribution in [-0.4, -0.2) is 12.1 Å². The molecule has 0 aliphatic heterocycles. The maximum atomic E-state index is 6.39. The highest BCUT2D eigenvalue weighted by molar-refractivity contribution is 6.31. The van der Waals surface area contributed by atoms with Crippen molar-refractivity contribution in [3.63, 3.8) is 0 Å². The molecule has 0 radical (unpaired) electrons. The first-order chi connectivity index (χ1) is 10.3. The van der Waals surface area contributed by atoms with Crippen molar-refractivity contribution in [1.82, 2.24) is 5.32 Å². The number of halogens is 1. The second kappa shape index (κ2) is 7.02. The van der Waals surface area contributed by atoms with Crippen LogP contribution in [0, 0.1) is 5.92 Å². The van der Waals surface area contributed by atoms with Crippen molar-refractivity contribution in [2.24, 2.45) is 5.92 Å². The summed E-state index contributed by atoms with van der Waals surface area (Å²) in [5, 5.41) is 4.37. The molecule has 3 heteroatoms. The van der Waals surface area contributed by atoms with Gasteiger partial charge in [0.2, 0.25) is 0 Å². The van der Waals surface area contributed by atoms with Gasteiger partial charge < -0.3 is 10.1 Å². The van der Waals surface area contributed by atoms with E-state index in [0.29, 0.717) is 12.1 Å². The number of hydrogen-bond donors (Lipinski definition) is 1. The fourth-order valence-corrected chi connectivity index (χ4v) is 3.49. The molecule has 2 atom stereocenters. The van der Waals surface area contributed by atoms with E-state index in [1.165, 1.54) is 44.9 Å². The SMILES string of the molecule is CCC1CCCC(Oc2cccc(Cl)c2CNC2CC2)C1. The van der Waals surface area contributed by atoms with Crippen LogP contribution in [0.25, 0.3) is 0 Å². The lowest BCUT2D eigenvalue weighted by molar-refractivity contribution is 0.121. The second-order valence-corrected chi connectivity index (χ2v) is 6.96. The molecular formula is C18H26ClNO. The molecule has 1 aromatic rings. The maximum absolute atomic E-state index is 6.39. The summed E-state index contributed by atoms with van der Waals surface area (Å²) in [6.07, 6.45) is 9.24. The number of ether oxygens (including phenoxy) is 1. The smallest absolute Gasteiger partial charge is 0.125 e. The minimum Gasteiger partial charge on any atom is -0.490 e. The molecule has 2 saturated carbocycles. The highest BCUT2D eigenvalue weighted by Crippen LogP contribution is 2.33. The lowest BCUT2D eigenvalue weighted by Crippen LogP contribution is -2.26. The Kier molecular flexibility index (Phi) is 5.07. The van der Waals surface area contributed by atoms with Crippen LogP contribution in [0.2, 0.25) is 5.02 Å². The van der Waals surface area contributed by atoms with E-state index < -0.39 is 0 Å². The lowest BCUT2D eigenvalue weighted by Gasteiger charge is -2.29. The minimum atomic E-state index is 0.363.